The van der Waals surface area contributed by atoms with Crippen molar-refractivity contribution < 1.29 is 29.1 Å². The SMILES string of the molecule is C=CC1=C(C(=O)O)N2C(=O)C(NC(=O)C(=NOC)c3cnc(NC=O)s3)[C@@H]2SC1. The van der Waals surface area contributed by atoms with Gasteiger partial charge in [0.25, 0.3) is 11.8 Å². The number of nitrogens with one attached hydrogen (secondary N) is 2. The number of allylic oxidation sites excluding steroid dienone is 1. The molecule has 3 heterocycles. The molecule has 29 heavy (non-hydrogen) atoms. The van der Waals surface area contributed by atoms with Crippen LogP contribution >= 0.6 is 23.1 Å². The van der Waals surface area contributed by atoms with E-state index in [1.807, 2.05) is 0 Å². The molecular formula is C16H15N5O6S2. The second-order valence-corrected chi connectivity index (χ2v) is 7.79. The monoisotopic (exact) mass is 437 g/mol. The van der Waals surface area contributed by atoms with E-state index in [-0.39, 0.29) is 16.5 Å². The number of carbonyl (C=O) groups is 4. The van der Waals surface area contributed by atoms with Gasteiger partial charge >= 0.3 is 5.97 Å². The van der Waals surface area contributed by atoms with Crippen LogP contribution < -0.4 is 10.6 Å². The molecule has 2 aliphatic heterocycles. The molecule has 13 heteroatoms. The summed E-state index contributed by atoms with van der Waals surface area (Å²) in [7, 11) is 1.26. The van der Waals surface area contributed by atoms with E-state index in [4.69, 9.17) is 4.84 Å². The van der Waals surface area contributed by atoms with Crippen LogP contribution in [-0.4, -0.2) is 69.2 Å². The Morgan fingerprint density at radius 2 is 2.28 bits per heavy atom. The summed E-state index contributed by atoms with van der Waals surface area (Å²) < 4.78 is 0. The first-order valence-corrected chi connectivity index (χ1v) is 9.91. The highest BCUT2D eigenvalue weighted by molar-refractivity contribution is 8.00. The van der Waals surface area contributed by atoms with Crippen molar-refractivity contribution in [2.45, 2.75) is 11.4 Å². The first kappa shape index (κ1) is 20.5. The van der Waals surface area contributed by atoms with Gasteiger partial charge in [0.15, 0.2) is 10.8 Å². The lowest BCUT2D eigenvalue weighted by molar-refractivity contribution is -0.150. The number of hydrogen-bond donors (Lipinski definition) is 3. The number of β-lactam (4-membered cyclic amide) rings is 1. The topological polar surface area (TPSA) is 150 Å². The number of carbonyl (C=O) groups excluding carboxylic acids is 3. The van der Waals surface area contributed by atoms with E-state index in [2.05, 4.69) is 27.4 Å². The number of nitrogens with zero attached hydrogens (tertiary/aromatic N) is 3. The van der Waals surface area contributed by atoms with Crippen LogP contribution in [0.3, 0.4) is 0 Å². The number of carboxylic acids is 1. The van der Waals surface area contributed by atoms with Gasteiger partial charge in [-0.2, -0.15) is 0 Å². The highest BCUT2D eigenvalue weighted by atomic mass is 32.2. The van der Waals surface area contributed by atoms with E-state index in [1.54, 1.807) is 0 Å². The minimum atomic E-state index is -1.23. The molecule has 0 aromatic carbocycles. The molecule has 152 valence electrons. The molecule has 1 aromatic heterocycles. The van der Waals surface area contributed by atoms with Gasteiger partial charge in [-0.1, -0.05) is 29.1 Å². The normalized spacial score (nSPS) is 21.1. The average molecular weight is 437 g/mol. The van der Waals surface area contributed by atoms with E-state index in [0.29, 0.717) is 22.6 Å². The smallest absolute Gasteiger partial charge is 0.352 e. The lowest BCUT2D eigenvalue weighted by Gasteiger charge is -2.49. The third-order valence-electron chi connectivity index (χ3n) is 4.05. The van der Waals surface area contributed by atoms with Crippen LogP contribution in [-0.2, 0) is 24.0 Å². The fourth-order valence-corrected chi connectivity index (χ4v) is 4.89. The summed E-state index contributed by atoms with van der Waals surface area (Å²) in [6.45, 7) is 3.58. The van der Waals surface area contributed by atoms with Crippen LogP contribution in [0.4, 0.5) is 5.13 Å². The summed E-state index contributed by atoms with van der Waals surface area (Å²) in [4.78, 5) is 57.4. The Morgan fingerprint density at radius 3 is 2.90 bits per heavy atom. The lowest BCUT2D eigenvalue weighted by Crippen LogP contribution is -2.71. The second-order valence-electron chi connectivity index (χ2n) is 5.66. The molecular weight excluding hydrogens is 422 g/mol. The molecule has 2 atom stereocenters. The van der Waals surface area contributed by atoms with Gasteiger partial charge in [0.05, 0.1) is 4.88 Å². The maximum absolute atomic E-state index is 12.7. The number of aliphatic carboxylic acids is 1. The molecule has 1 fully saturated rings. The summed E-state index contributed by atoms with van der Waals surface area (Å²) in [5.41, 5.74) is 0.187. The molecule has 3 amide bonds. The zero-order valence-electron chi connectivity index (χ0n) is 14.9. The summed E-state index contributed by atoms with van der Waals surface area (Å²) >= 11 is 2.32. The van der Waals surface area contributed by atoms with Gasteiger partial charge in [-0.3, -0.25) is 19.3 Å². The first-order valence-electron chi connectivity index (χ1n) is 8.04. The Bertz CT molecular complexity index is 955. The summed E-state index contributed by atoms with van der Waals surface area (Å²) in [5, 5.41) is 17.8. The van der Waals surface area contributed by atoms with Crippen molar-refractivity contribution in [3.05, 3.63) is 35.0 Å². The molecule has 1 unspecified atom stereocenters. The van der Waals surface area contributed by atoms with Gasteiger partial charge in [-0.05, 0) is 5.57 Å². The van der Waals surface area contributed by atoms with Gasteiger partial charge in [0.1, 0.15) is 24.2 Å². The molecule has 0 spiro atoms. The van der Waals surface area contributed by atoms with Crippen molar-refractivity contribution in [3.8, 4) is 0 Å². The van der Waals surface area contributed by atoms with Crippen LogP contribution in [0.2, 0.25) is 0 Å². The van der Waals surface area contributed by atoms with Gasteiger partial charge in [-0.15, -0.1) is 11.8 Å². The van der Waals surface area contributed by atoms with Crippen LogP contribution in [0, 0.1) is 0 Å². The van der Waals surface area contributed by atoms with Gasteiger partial charge in [0, 0.05) is 11.9 Å². The number of thioether (sulfide) groups is 1. The maximum atomic E-state index is 12.7. The fourth-order valence-electron chi connectivity index (χ4n) is 2.80. The van der Waals surface area contributed by atoms with E-state index < -0.39 is 29.2 Å². The van der Waals surface area contributed by atoms with Crippen LogP contribution in [0.25, 0.3) is 0 Å². The van der Waals surface area contributed by atoms with Crippen molar-refractivity contribution in [2.24, 2.45) is 5.16 Å². The van der Waals surface area contributed by atoms with E-state index >= 15 is 0 Å². The number of carboxylic acid groups (broad SMARTS) is 1. The van der Waals surface area contributed by atoms with Crippen molar-refractivity contribution in [1.82, 2.24) is 15.2 Å². The Morgan fingerprint density at radius 1 is 1.52 bits per heavy atom. The number of aromatic nitrogens is 1. The fraction of sp³-hybridized carbons (Fsp3) is 0.250. The maximum Gasteiger partial charge on any atom is 0.352 e. The van der Waals surface area contributed by atoms with Gasteiger partial charge in [-0.25, -0.2) is 9.78 Å². The quantitative estimate of drug-likeness (QED) is 0.222. The minimum Gasteiger partial charge on any atom is -0.477 e. The standard InChI is InChI=1S/C16H15N5O6S2/c1-3-7-5-28-14-10(13(24)21(14)11(7)15(25)26)19-12(23)9(20-27-2)8-4-17-16(29-8)18-6-22/h3-4,6,10,14H,1,5H2,2H3,(H,19,23)(H,25,26)(H,17,18,22)/t10?,14-/m0/s1. The molecule has 0 radical (unpaired) electrons. The Labute approximate surface area is 172 Å². The highest BCUT2D eigenvalue weighted by Gasteiger charge is 2.54. The third kappa shape index (κ3) is 3.73. The van der Waals surface area contributed by atoms with E-state index in [9.17, 15) is 24.3 Å². The zero-order valence-corrected chi connectivity index (χ0v) is 16.6. The van der Waals surface area contributed by atoms with Gasteiger partial charge < -0.3 is 20.6 Å². The van der Waals surface area contributed by atoms with Gasteiger partial charge in [0.2, 0.25) is 6.41 Å². The predicted molar refractivity (Wildman–Crippen MR) is 105 cm³/mol. The van der Waals surface area contributed by atoms with Crippen LogP contribution in [0.15, 0.2) is 35.3 Å². The molecule has 0 aliphatic carbocycles. The Balaban J connectivity index is 1.78. The first-order chi connectivity index (χ1) is 13.9. The third-order valence-corrected chi connectivity index (χ3v) is 6.29. The number of amides is 3. The number of thiazole rings is 1. The summed E-state index contributed by atoms with van der Waals surface area (Å²) in [6.07, 6.45) is 3.19. The number of rotatable bonds is 8. The highest BCUT2D eigenvalue weighted by Crippen LogP contribution is 2.40. The molecule has 1 saturated heterocycles. The average Bonchev–Trinajstić information content (AvgIpc) is 3.17. The number of hydrogen-bond acceptors (Lipinski definition) is 9. The molecule has 0 bridgehead atoms. The summed E-state index contributed by atoms with van der Waals surface area (Å²) in [5.74, 6) is -2.12. The largest absolute Gasteiger partial charge is 0.477 e. The van der Waals surface area contributed by atoms with E-state index in [0.717, 1.165) is 16.2 Å². The molecule has 11 nitrogen and oxygen atoms in total. The number of oxime groups is 1. The van der Waals surface area contributed by atoms with Crippen LogP contribution in [0.1, 0.15) is 4.88 Å². The zero-order chi connectivity index (χ0) is 21.1. The molecule has 3 rings (SSSR count). The minimum absolute atomic E-state index is 0.128. The Hall–Kier alpha value is -3.19. The molecule has 0 saturated carbocycles. The Kier molecular flexibility index (Phi) is 5.98. The van der Waals surface area contributed by atoms with E-state index in [1.165, 1.54) is 31.1 Å². The number of anilines is 1. The van der Waals surface area contributed by atoms with Crippen molar-refractivity contribution in [1.29, 1.82) is 0 Å². The number of fused-ring (bicyclic) bond motifs is 1. The lowest BCUT2D eigenvalue weighted by atomic mass is 10.0. The van der Waals surface area contributed by atoms with Crippen molar-refractivity contribution in [2.75, 3.05) is 18.2 Å². The molecule has 1 aromatic rings. The molecule has 3 N–H and O–H groups in total. The van der Waals surface area contributed by atoms with Crippen molar-refractivity contribution >= 4 is 58.1 Å². The summed E-state index contributed by atoms with van der Waals surface area (Å²) in [6, 6.07) is -0.921. The van der Waals surface area contributed by atoms with Crippen LogP contribution in [0.5, 0.6) is 0 Å². The molecule has 2 aliphatic rings. The van der Waals surface area contributed by atoms with Crippen molar-refractivity contribution in [3.63, 3.8) is 0 Å². The predicted octanol–water partition coefficient (Wildman–Crippen LogP) is -0.0135. The second kappa shape index (κ2) is 8.45.